The SMILES string of the molecule is C=CCCn1nc2c(=O)n(-c3ccc(F)cc3)ccn2c1=O. The number of fused-ring (bicyclic) bond motifs is 1. The molecule has 0 aliphatic heterocycles. The maximum Gasteiger partial charge on any atom is 0.350 e. The number of allylic oxidation sites excluding steroid dienone is 1. The van der Waals surface area contributed by atoms with Gasteiger partial charge in [-0.1, -0.05) is 6.08 Å². The summed E-state index contributed by atoms with van der Waals surface area (Å²) in [6.45, 7) is 3.95. The van der Waals surface area contributed by atoms with E-state index in [-0.39, 0.29) is 17.2 Å². The summed E-state index contributed by atoms with van der Waals surface area (Å²) in [5, 5.41) is 4.06. The Kier molecular flexibility index (Phi) is 3.46. The number of halogens is 1. The topological polar surface area (TPSA) is 61.3 Å². The van der Waals surface area contributed by atoms with Crippen molar-refractivity contribution in [2.45, 2.75) is 13.0 Å². The van der Waals surface area contributed by atoms with Crippen molar-refractivity contribution in [3.8, 4) is 5.69 Å². The second kappa shape index (κ2) is 5.44. The lowest BCUT2D eigenvalue weighted by molar-refractivity contribution is 0.601. The third-order valence-corrected chi connectivity index (χ3v) is 3.30. The summed E-state index contributed by atoms with van der Waals surface area (Å²) in [7, 11) is 0. The van der Waals surface area contributed by atoms with Crippen molar-refractivity contribution in [3.05, 3.63) is 76.0 Å². The molecular weight excluding hydrogens is 287 g/mol. The predicted molar refractivity (Wildman–Crippen MR) is 79.8 cm³/mol. The average Bonchev–Trinajstić information content (AvgIpc) is 2.84. The van der Waals surface area contributed by atoms with Crippen LogP contribution >= 0.6 is 0 Å². The molecule has 0 spiro atoms. The molecule has 0 aliphatic carbocycles. The molecule has 3 aromatic rings. The third-order valence-electron chi connectivity index (χ3n) is 3.30. The van der Waals surface area contributed by atoms with Gasteiger partial charge in [-0.2, -0.15) is 0 Å². The summed E-state index contributed by atoms with van der Waals surface area (Å²) in [5.41, 5.74) is -0.286. The van der Waals surface area contributed by atoms with E-state index in [4.69, 9.17) is 0 Å². The van der Waals surface area contributed by atoms with Crippen molar-refractivity contribution in [1.82, 2.24) is 18.7 Å². The molecule has 0 bridgehead atoms. The van der Waals surface area contributed by atoms with Crippen LogP contribution in [0.3, 0.4) is 0 Å². The van der Waals surface area contributed by atoms with Crippen LogP contribution in [-0.4, -0.2) is 18.7 Å². The average molecular weight is 300 g/mol. The van der Waals surface area contributed by atoms with Gasteiger partial charge in [0.1, 0.15) is 5.82 Å². The maximum atomic E-state index is 13.0. The molecule has 3 rings (SSSR count). The van der Waals surface area contributed by atoms with Crippen molar-refractivity contribution < 1.29 is 4.39 Å². The highest BCUT2D eigenvalue weighted by Crippen LogP contribution is 2.06. The third kappa shape index (κ3) is 2.26. The minimum Gasteiger partial charge on any atom is -0.280 e. The summed E-state index contributed by atoms with van der Waals surface area (Å²) in [4.78, 5) is 24.6. The van der Waals surface area contributed by atoms with Gasteiger partial charge in [-0.3, -0.25) is 9.36 Å². The molecule has 112 valence electrons. The molecule has 0 fully saturated rings. The van der Waals surface area contributed by atoms with E-state index >= 15 is 0 Å². The van der Waals surface area contributed by atoms with Crippen LogP contribution in [0.2, 0.25) is 0 Å². The second-order valence-corrected chi connectivity index (χ2v) is 4.73. The number of nitrogens with zero attached hydrogens (tertiary/aromatic N) is 4. The van der Waals surface area contributed by atoms with Crippen LogP contribution in [0.1, 0.15) is 6.42 Å². The standard InChI is InChI=1S/C15H13FN4O2/c1-2-3-8-20-15(22)19-10-9-18(14(21)13(19)17-20)12-6-4-11(16)5-7-12/h2,4-7,9-10H,1,3,8H2. The van der Waals surface area contributed by atoms with E-state index in [9.17, 15) is 14.0 Å². The van der Waals surface area contributed by atoms with Gasteiger partial charge < -0.3 is 0 Å². The van der Waals surface area contributed by atoms with Crippen LogP contribution in [0.5, 0.6) is 0 Å². The van der Waals surface area contributed by atoms with Gasteiger partial charge in [-0.05, 0) is 30.7 Å². The zero-order valence-electron chi connectivity index (χ0n) is 11.6. The highest BCUT2D eigenvalue weighted by molar-refractivity contribution is 5.39. The van der Waals surface area contributed by atoms with E-state index in [1.165, 1.54) is 50.3 Å². The number of aryl methyl sites for hydroxylation is 1. The number of benzene rings is 1. The summed E-state index contributed by atoms with van der Waals surface area (Å²) in [6, 6.07) is 5.50. The van der Waals surface area contributed by atoms with E-state index in [0.717, 1.165) is 0 Å². The van der Waals surface area contributed by atoms with Crippen LogP contribution in [0.25, 0.3) is 11.3 Å². The molecule has 0 amide bonds. The highest BCUT2D eigenvalue weighted by atomic mass is 19.1. The zero-order chi connectivity index (χ0) is 15.7. The van der Waals surface area contributed by atoms with Gasteiger partial charge >= 0.3 is 11.2 Å². The molecule has 2 heterocycles. The fourth-order valence-electron chi connectivity index (χ4n) is 2.17. The Hall–Kier alpha value is -2.96. The maximum absolute atomic E-state index is 13.0. The van der Waals surface area contributed by atoms with Gasteiger partial charge in [0.05, 0.1) is 0 Å². The quantitative estimate of drug-likeness (QED) is 0.684. The van der Waals surface area contributed by atoms with E-state index in [1.807, 2.05) is 0 Å². The van der Waals surface area contributed by atoms with E-state index in [0.29, 0.717) is 18.7 Å². The highest BCUT2D eigenvalue weighted by Gasteiger charge is 2.12. The van der Waals surface area contributed by atoms with Crippen LogP contribution in [-0.2, 0) is 6.54 Å². The Labute approximate surface area is 124 Å². The molecule has 0 saturated carbocycles. The Balaban J connectivity index is 2.17. The fourth-order valence-corrected chi connectivity index (χ4v) is 2.17. The summed E-state index contributed by atoms with van der Waals surface area (Å²) in [5.74, 6) is -0.386. The van der Waals surface area contributed by atoms with E-state index < -0.39 is 5.56 Å². The Bertz CT molecular complexity index is 950. The predicted octanol–water partition coefficient (Wildman–Crippen LogP) is 1.36. The Morgan fingerprint density at radius 3 is 2.59 bits per heavy atom. The lowest BCUT2D eigenvalue weighted by Gasteiger charge is -2.04. The normalized spacial score (nSPS) is 11.0. The smallest absolute Gasteiger partial charge is 0.280 e. The molecule has 7 heteroatoms. The first kappa shape index (κ1) is 14.0. The number of hydrogen-bond acceptors (Lipinski definition) is 3. The van der Waals surface area contributed by atoms with Gasteiger partial charge in [-0.25, -0.2) is 18.3 Å². The Morgan fingerprint density at radius 2 is 1.91 bits per heavy atom. The van der Waals surface area contributed by atoms with E-state index in [2.05, 4.69) is 11.7 Å². The fraction of sp³-hybridized carbons (Fsp3) is 0.133. The van der Waals surface area contributed by atoms with Crippen molar-refractivity contribution in [1.29, 1.82) is 0 Å². The Morgan fingerprint density at radius 1 is 1.18 bits per heavy atom. The molecule has 6 nitrogen and oxygen atoms in total. The van der Waals surface area contributed by atoms with Crippen molar-refractivity contribution in [2.24, 2.45) is 0 Å². The number of aromatic nitrogens is 4. The first-order valence-corrected chi connectivity index (χ1v) is 6.69. The van der Waals surface area contributed by atoms with Crippen LogP contribution in [0.15, 0.2) is 58.9 Å². The zero-order valence-corrected chi connectivity index (χ0v) is 11.6. The van der Waals surface area contributed by atoms with Crippen molar-refractivity contribution in [3.63, 3.8) is 0 Å². The molecule has 0 atom stereocenters. The first-order valence-electron chi connectivity index (χ1n) is 6.69. The van der Waals surface area contributed by atoms with Gasteiger partial charge in [0.2, 0.25) is 5.65 Å². The van der Waals surface area contributed by atoms with Gasteiger partial charge in [0.15, 0.2) is 0 Å². The number of hydrogen-bond donors (Lipinski definition) is 0. The van der Waals surface area contributed by atoms with Crippen LogP contribution in [0.4, 0.5) is 4.39 Å². The number of rotatable bonds is 4. The van der Waals surface area contributed by atoms with Crippen molar-refractivity contribution in [2.75, 3.05) is 0 Å². The summed E-state index contributed by atoms with van der Waals surface area (Å²) < 4.78 is 16.7. The monoisotopic (exact) mass is 300 g/mol. The lowest BCUT2D eigenvalue weighted by atomic mass is 10.3. The second-order valence-electron chi connectivity index (χ2n) is 4.73. The summed E-state index contributed by atoms with van der Waals surface area (Å²) >= 11 is 0. The van der Waals surface area contributed by atoms with Crippen LogP contribution in [0, 0.1) is 5.82 Å². The first-order chi connectivity index (χ1) is 10.6. The molecule has 0 saturated heterocycles. The largest absolute Gasteiger partial charge is 0.350 e. The molecule has 1 aromatic carbocycles. The molecule has 0 N–H and O–H groups in total. The molecule has 0 aliphatic rings. The minimum atomic E-state index is -0.441. The minimum absolute atomic E-state index is 0.0286. The summed E-state index contributed by atoms with van der Waals surface area (Å²) in [6.07, 6.45) is 5.19. The van der Waals surface area contributed by atoms with Crippen LogP contribution < -0.4 is 11.2 Å². The van der Waals surface area contributed by atoms with Gasteiger partial charge in [0, 0.05) is 24.6 Å². The molecular formula is C15H13FN4O2. The van der Waals surface area contributed by atoms with Gasteiger partial charge in [-0.15, -0.1) is 11.7 Å². The molecule has 0 radical (unpaired) electrons. The molecule has 0 unspecified atom stereocenters. The molecule has 22 heavy (non-hydrogen) atoms. The lowest BCUT2D eigenvalue weighted by Crippen LogP contribution is -2.24. The van der Waals surface area contributed by atoms with E-state index in [1.54, 1.807) is 6.08 Å². The van der Waals surface area contributed by atoms with Gasteiger partial charge in [0.25, 0.3) is 0 Å². The van der Waals surface area contributed by atoms with Crippen molar-refractivity contribution >= 4 is 5.65 Å². The molecule has 2 aromatic heterocycles.